The average molecular weight is 170 g/mol. The molecule has 1 aliphatic rings. The van der Waals surface area contributed by atoms with Crippen LogP contribution in [0.25, 0.3) is 0 Å². The molecule has 1 rings (SSSR count). The lowest BCUT2D eigenvalue weighted by Gasteiger charge is -2.12. The van der Waals surface area contributed by atoms with Crippen LogP contribution in [0.1, 0.15) is 6.92 Å². The Morgan fingerprint density at radius 2 is 2.50 bits per heavy atom. The lowest BCUT2D eigenvalue weighted by Crippen LogP contribution is -2.34. The Morgan fingerprint density at radius 3 is 2.92 bits per heavy atom. The molecule has 5 nitrogen and oxygen atoms in total. The van der Waals surface area contributed by atoms with Crippen LogP contribution in [0.5, 0.6) is 0 Å². The third-order valence-corrected chi connectivity index (χ3v) is 1.31. The molecular weight excluding hydrogens is 160 g/mol. The molecule has 0 saturated carbocycles. The molecular formula is C7H10N2O3. The predicted molar refractivity (Wildman–Crippen MR) is 41.7 cm³/mol. The fraction of sp³-hybridized carbons (Fsp3) is 0.429. The van der Waals surface area contributed by atoms with E-state index < -0.39 is 5.91 Å². The number of ether oxygens (including phenoxy) is 1. The zero-order valence-corrected chi connectivity index (χ0v) is 6.78. The molecule has 5 heteroatoms. The summed E-state index contributed by atoms with van der Waals surface area (Å²) in [5, 5.41) is 9.53. The molecule has 0 bridgehead atoms. The van der Waals surface area contributed by atoms with Crippen molar-refractivity contribution in [3.8, 4) is 0 Å². The molecule has 66 valence electrons. The number of aliphatic imine (C=N–C) groups is 1. The first-order chi connectivity index (χ1) is 5.63. The zero-order valence-electron chi connectivity index (χ0n) is 6.78. The van der Waals surface area contributed by atoms with Crippen molar-refractivity contribution < 1.29 is 14.7 Å². The molecule has 0 aliphatic carbocycles. The lowest BCUT2D eigenvalue weighted by atomic mass is 10.3. The molecule has 0 radical (unpaired) electrons. The predicted octanol–water partition coefficient (Wildman–Crippen LogP) is 0.166. The lowest BCUT2D eigenvalue weighted by molar-refractivity contribution is -0.147. The van der Waals surface area contributed by atoms with Crippen LogP contribution in [0.4, 0.5) is 0 Å². The Labute approximate surface area is 69.9 Å². The number of carbonyl (C=O) groups excluding carboxylic acids is 1. The molecule has 12 heavy (non-hydrogen) atoms. The van der Waals surface area contributed by atoms with Crippen molar-refractivity contribution in [2.24, 2.45) is 4.99 Å². The van der Waals surface area contributed by atoms with Gasteiger partial charge in [0.15, 0.2) is 0 Å². The van der Waals surface area contributed by atoms with E-state index >= 15 is 0 Å². The highest BCUT2D eigenvalue weighted by atomic mass is 16.6. The van der Waals surface area contributed by atoms with Crippen molar-refractivity contribution in [2.45, 2.75) is 6.92 Å². The van der Waals surface area contributed by atoms with Gasteiger partial charge in [0.05, 0.1) is 6.54 Å². The number of hydrogen-bond acceptors (Lipinski definition) is 4. The minimum Gasteiger partial charge on any atom is -0.461 e. The number of carbonyl (C=O) groups is 1. The van der Waals surface area contributed by atoms with Crippen molar-refractivity contribution >= 4 is 11.9 Å². The fourth-order valence-corrected chi connectivity index (χ4v) is 0.720. The van der Waals surface area contributed by atoms with Gasteiger partial charge in [-0.2, -0.15) is 0 Å². The Kier molecular flexibility index (Phi) is 2.44. The van der Waals surface area contributed by atoms with Crippen LogP contribution < -0.4 is 0 Å². The van der Waals surface area contributed by atoms with E-state index in [9.17, 15) is 4.79 Å². The maximum Gasteiger partial charge on any atom is 0.319 e. The summed E-state index contributed by atoms with van der Waals surface area (Å²) in [6.07, 6.45) is 0. The van der Waals surface area contributed by atoms with Gasteiger partial charge in [-0.05, 0) is 6.92 Å². The van der Waals surface area contributed by atoms with E-state index in [1.54, 1.807) is 0 Å². The SMILES string of the molecule is C=C(C)C(=O)N(O)C1=NCCO1. The van der Waals surface area contributed by atoms with E-state index in [1.165, 1.54) is 6.92 Å². The zero-order chi connectivity index (χ0) is 9.14. The molecule has 0 aromatic heterocycles. The van der Waals surface area contributed by atoms with Crippen molar-refractivity contribution in [1.29, 1.82) is 0 Å². The van der Waals surface area contributed by atoms with E-state index in [0.717, 1.165) is 0 Å². The first-order valence-electron chi connectivity index (χ1n) is 3.49. The van der Waals surface area contributed by atoms with Crippen LogP contribution in [0, 0.1) is 0 Å². The second-order valence-corrected chi connectivity index (χ2v) is 2.41. The highest BCUT2D eigenvalue weighted by Crippen LogP contribution is 2.02. The molecule has 1 aliphatic heterocycles. The standard InChI is InChI=1S/C7H10N2O3/c1-5(2)6(10)9(11)7-8-3-4-12-7/h11H,1,3-4H2,2H3. The van der Waals surface area contributed by atoms with Crippen LogP contribution in [0.2, 0.25) is 0 Å². The summed E-state index contributed by atoms with van der Waals surface area (Å²) < 4.78 is 4.85. The maximum absolute atomic E-state index is 11.0. The van der Waals surface area contributed by atoms with Gasteiger partial charge in [-0.3, -0.25) is 10.0 Å². The van der Waals surface area contributed by atoms with Crippen molar-refractivity contribution in [1.82, 2.24) is 5.06 Å². The molecule has 1 heterocycles. The van der Waals surface area contributed by atoms with Crippen LogP contribution in [0.15, 0.2) is 17.1 Å². The number of hydrogen-bond donors (Lipinski definition) is 1. The first-order valence-corrected chi connectivity index (χ1v) is 3.49. The second-order valence-electron chi connectivity index (χ2n) is 2.41. The molecule has 1 N–H and O–H groups in total. The van der Waals surface area contributed by atoms with E-state index in [1.807, 2.05) is 0 Å². The average Bonchev–Trinajstić information content (AvgIpc) is 2.53. The normalized spacial score (nSPS) is 15.0. The monoisotopic (exact) mass is 170 g/mol. The molecule has 0 aromatic rings. The number of hydroxylamine groups is 2. The minimum atomic E-state index is -0.601. The smallest absolute Gasteiger partial charge is 0.319 e. The second kappa shape index (κ2) is 3.36. The van der Waals surface area contributed by atoms with Crippen LogP contribution in [-0.4, -0.2) is 35.4 Å². The Balaban J connectivity index is 2.63. The van der Waals surface area contributed by atoms with Gasteiger partial charge in [0, 0.05) is 5.57 Å². The van der Waals surface area contributed by atoms with Crippen LogP contribution >= 0.6 is 0 Å². The summed E-state index contributed by atoms with van der Waals surface area (Å²) in [4.78, 5) is 14.8. The van der Waals surface area contributed by atoms with Crippen molar-refractivity contribution in [3.63, 3.8) is 0 Å². The van der Waals surface area contributed by atoms with Crippen molar-refractivity contribution in [2.75, 3.05) is 13.2 Å². The van der Waals surface area contributed by atoms with Gasteiger partial charge in [0.25, 0.3) is 5.91 Å². The van der Waals surface area contributed by atoms with E-state index in [4.69, 9.17) is 9.94 Å². The maximum atomic E-state index is 11.0. The summed E-state index contributed by atoms with van der Waals surface area (Å²) >= 11 is 0. The van der Waals surface area contributed by atoms with E-state index in [0.29, 0.717) is 18.2 Å². The number of rotatable bonds is 1. The third-order valence-electron chi connectivity index (χ3n) is 1.31. The van der Waals surface area contributed by atoms with Gasteiger partial charge in [0.1, 0.15) is 6.61 Å². The third kappa shape index (κ3) is 1.62. The molecule has 0 atom stereocenters. The molecule has 0 saturated heterocycles. The number of nitrogens with zero attached hydrogens (tertiary/aromatic N) is 2. The Bertz CT molecular complexity index is 245. The summed E-state index contributed by atoms with van der Waals surface area (Å²) in [6, 6.07) is -0.0528. The first kappa shape index (κ1) is 8.73. The van der Waals surface area contributed by atoms with Gasteiger partial charge < -0.3 is 4.74 Å². The summed E-state index contributed by atoms with van der Waals surface area (Å²) in [6.45, 7) is 5.75. The molecule has 1 amide bonds. The number of amidine groups is 1. The minimum absolute atomic E-state index is 0.0528. The summed E-state index contributed by atoms with van der Waals surface area (Å²) in [5.74, 6) is -0.601. The topological polar surface area (TPSA) is 62.1 Å². The quantitative estimate of drug-likeness (QED) is 0.346. The molecule has 0 spiro atoms. The van der Waals surface area contributed by atoms with Gasteiger partial charge in [-0.1, -0.05) is 6.58 Å². The highest BCUT2D eigenvalue weighted by molar-refractivity contribution is 6.01. The fourth-order valence-electron chi connectivity index (χ4n) is 0.720. The Morgan fingerprint density at radius 1 is 1.83 bits per heavy atom. The molecule has 0 unspecified atom stereocenters. The van der Waals surface area contributed by atoms with Gasteiger partial charge in [-0.25, -0.2) is 4.99 Å². The number of amides is 1. The molecule has 0 aromatic carbocycles. The van der Waals surface area contributed by atoms with Gasteiger partial charge in [0.2, 0.25) is 0 Å². The van der Waals surface area contributed by atoms with Crippen LogP contribution in [0.3, 0.4) is 0 Å². The Hall–Kier alpha value is -1.36. The highest BCUT2D eigenvalue weighted by Gasteiger charge is 2.21. The van der Waals surface area contributed by atoms with Crippen LogP contribution in [-0.2, 0) is 9.53 Å². The van der Waals surface area contributed by atoms with Gasteiger partial charge in [-0.15, -0.1) is 5.06 Å². The summed E-state index contributed by atoms with van der Waals surface area (Å²) in [5.41, 5.74) is 0.232. The largest absolute Gasteiger partial charge is 0.461 e. The van der Waals surface area contributed by atoms with Crippen molar-refractivity contribution in [3.05, 3.63) is 12.2 Å². The van der Waals surface area contributed by atoms with E-state index in [2.05, 4.69) is 11.6 Å². The summed E-state index contributed by atoms with van der Waals surface area (Å²) in [7, 11) is 0. The molecule has 0 fully saturated rings. The van der Waals surface area contributed by atoms with E-state index in [-0.39, 0.29) is 11.6 Å². The van der Waals surface area contributed by atoms with Gasteiger partial charge >= 0.3 is 6.02 Å².